The van der Waals surface area contributed by atoms with Crippen molar-refractivity contribution in [2.75, 3.05) is 24.5 Å². The summed E-state index contributed by atoms with van der Waals surface area (Å²) in [5.74, 6) is -0.227. The molecule has 120 valence electrons. The highest BCUT2D eigenvalue weighted by atomic mass is 19.1. The third-order valence-electron chi connectivity index (χ3n) is 4.49. The van der Waals surface area contributed by atoms with Crippen molar-refractivity contribution >= 4 is 11.9 Å². The van der Waals surface area contributed by atoms with E-state index in [2.05, 4.69) is 15.0 Å². The highest BCUT2D eigenvalue weighted by molar-refractivity contribution is 5.85. The summed E-state index contributed by atoms with van der Waals surface area (Å²) in [6, 6.07) is 0. The second-order valence-electron chi connectivity index (χ2n) is 6.00. The molecule has 2 aliphatic heterocycles. The number of carbonyl (C=O) groups excluding carboxylic acids is 1. The van der Waals surface area contributed by atoms with Gasteiger partial charge in [0, 0.05) is 26.7 Å². The largest absolute Gasteiger partial charge is 0.342 e. The summed E-state index contributed by atoms with van der Waals surface area (Å²) in [6.45, 7) is 2.63. The first-order chi connectivity index (χ1) is 11.1. The van der Waals surface area contributed by atoms with Crippen LogP contribution in [0.1, 0.15) is 23.7 Å². The van der Waals surface area contributed by atoms with E-state index in [1.165, 1.54) is 0 Å². The molecule has 0 bridgehead atoms. The molecule has 4 heterocycles. The molecular formula is C15H17FN6O. The number of rotatable bonds is 2. The lowest BCUT2D eigenvalue weighted by molar-refractivity contribution is -0.136. The summed E-state index contributed by atoms with van der Waals surface area (Å²) in [6.07, 6.45) is 5.07. The van der Waals surface area contributed by atoms with E-state index in [-0.39, 0.29) is 11.8 Å². The van der Waals surface area contributed by atoms with Gasteiger partial charge in [-0.15, -0.1) is 0 Å². The molecule has 1 atom stereocenters. The number of halogens is 1. The van der Waals surface area contributed by atoms with Gasteiger partial charge in [-0.3, -0.25) is 4.79 Å². The Morgan fingerprint density at radius 2 is 2.00 bits per heavy atom. The van der Waals surface area contributed by atoms with Gasteiger partial charge in [0.2, 0.25) is 11.9 Å². The topological polar surface area (TPSA) is 67.2 Å². The fourth-order valence-corrected chi connectivity index (χ4v) is 3.18. The van der Waals surface area contributed by atoms with Gasteiger partial charge in [-0.25, -0.2) is 19.3 Å². The summed E-state index contributed by atoms with van der Waals surface area (Å²) >= 11 is 0. The molecule has 1 saturated heterocycles. The van der Waals surface area contributed by atoms with Crippen LogP contribution in [0.25, 0.3) is 0 Å². The maximum atomic E-state index is 13.0. The standard InChI is InChI=1S/C15H17FN6O/c1-20-9-19-12-8-22(15-17-5-10(16)6-18-15)7-11(13(12)20)14(23)21-3-2-4-21/h5-6,9,11H,2-4,7-8H2,1H3/t11-/m1/s1. The summed E-state index contributed by atoms with van der Waals surface area (Å²) < 4.78 is 15.0. The average Bonchev–Trinajstić information content (AvgIpc) is 2.87. The number of hydrogen-bond acceptors (Lipinski definition) is 5. The quantitative estimate of drug-likeness (QED) is 0.815. The van der Waals surface area contributed by atoms with Crippen molar-refractivity contribution in [3.63, 3.8) is 0 Å². The van der Waals surface area contributed by atoms with E-state index >= 15 is 0 Å². The first kappa shape index (κ1) is 14.1. The Hall–Kier alpha value is -2.51. The van der Waals surface area contributed by atoms with Gasteiger partial charge < -0.3 is 14.4 Å². The molecule has 0 aromatic carbocycles. The summed E-state index contributed by atoms with van der Waals surface area (Å²) in [5, 5.41) is 0. The molecule has 0 N–H and O–H groups in total. The van der Waals surface area contributed by atoms with Crippen LogP contribution in [-0.4, -0.2) is 50.0 Å². The third kappa shape index (κ3) is 2.34. The van der Waals surface area contributed by atoms with Gasteiger partial charge in [0.15, 0.2) is 5.82 Å². The molecule has 0 spiro atoms. The zero-order chi connectivity index (χ0) is 16.0. The number of likely N-dealkylation sites (tertiary alicyclic amines) is 1. The maximum Gasteiger partial charge on any atom is 0.233 e. The zero-order valence-corrected chi connectivity index (χ0v) is 12.8. The van der Waals surface area contributed by atoms with Crippen molar-refractivity contribution in [3.8, 4) is 0 Å². The molecule has 8 heteroatoms. The molecule has 0 saturated carbocycles. The lowest BCUT2D eigenvalue weighted by Gasteiger charge is -2.38. The minimum atomic E-state index is -0.475. The van der Waals surface area contributed by atoms with Crippen LogP contribution in [0.3, 0.4) is 0 Å². The lowest BCUT2D eigenvalue weighted by atomic mass is 9.95. The maximum absolute atomic E-state index is 13.0. The second kappa shape index (κ2) is 5.29. The summed E-state index contributed by atoms with van der Waals surface area (Å²) in [7, 11) is 1.91. The highest BCUT2D eigenvalue weighted by Crippen LogP contribution is 2.31. The number of aromatic nitrogens is 4. The molecular weight excluding hydrogens is 299 g/mol. The number of aryl methyl sites for hydroxylation is 1. The second-order valence-corrected chi connectivity index (χ2v) is 6.00. The van der Waals surface area contributed by atoms with Crippen LogP contribution in [-0.2, 0) is 18.4 Å². The van der Waals surface area contributed by atoms with E-state index < -0.39 is 5.82 Å². The van der Waals surface area contributed by atoms with Gasteiger partial charge in [-0.2, -0.15) is 0 Å². The van der Waals surface area contributed by atoms with Crippen LogP contribution in [0.5, 0.6) is 0 Å². The lowest BCUT2D eigenvalue weighted by Crippen LogP contribution is -2.49. The Morgan fingerprint density at radius 3 is 2.65 bits per heavy atom. The van der Waals surface area contributed by atoms with Crippen molar-refractivity contribution in [2.45, 2.75) is 18.9 Å². The molecule has 7 nitrogen and oxygen atoms in total. The first-order valence-electron chi connectivity index (χ1n) is 7.65. The van der Waals surface area contributed by atoms with Crippen molar-refractivity contribution in [1.29, 1.82) is 0 Å². The smallest absolute Gasteiger partial charge is 0.233 e. The average molecular weight is 316 g/mol. The Morgan fingerprint density at radius 1 is 1.26 bits per heavy atom. The van der Waals surface area contributed by atoms with Gasteiger partial charge in [-0.05, 0) is 6.42 Å². The van der Waals surface area contributed by atoms with Gasteiger partial charge in [-0.1, -0.05) is 0 Å². The monoisotopic (exact) mass is 316 g/mol. The van der Waals surface area contributed by atoms with E-state index in [1.54, 1.807) is 6.33 Å². The summed E-state index contributed by atoms with van der Waals surface area (Å²) in [5.41, 5.74) is 1.81. The Kier molecular flexibility index (Phi) is 3.24. The van der Waals surface area contributed by atoms with E-state index in [1.807, 2.05) is 21.4 Å². The number of anilines is 1. The van der Waals surface area contributed by atoms with Crippen LogP contribution < -0.4 is 4.90 Å². The first-order valence-corrected chi connectivity index (χ1v) is 7.65. The SMILES string of the molecule is Cn1cnc2c1[C@H](C(=O)N1CCC1)CN(c1ncc(F)cn1)C2. The molecule has 2 aromatic rings. The molecule has 1 fully saturated rings. The predicted octanol–water partition coefficient (Wildman–Crippen LogP) is 0.685. The van der Waals surface area contributed by atoms with Gasteiger partial charge in [0.25, 0.3) is 0 Å². The van der Waals surface area contributed by atoms with Crippen molar-refractivity contribution < 1.29 is 9.18 Å². The molecule has 4 rings (SSSR count). The number of nitrogens with zero attached hydrogens (tertiary/aromatic N) is 6. The van der Waals surface area contributed by atoms with Crippen molar-refractivity contribution in [1.82, 2.24) is 24.4 Å². The number of hydrogen-bond donors (Lipinski definition) is 0. The molecule has 0 unspecified atom stereocenters. The number of fused-ring (bicyclic) bond motifs is 1. The fraction of sp³-hybridized carbons (Fsp3) is 0.467. The minimum absolute atomic E-state index is 0.118. The molecule has 23 heavy (non-hydrogen) atoms. The van der Waals surface area contributed by atoms with Crippen molar-refractivity contribution in [2.24, 2.45) is 7.05 Å². The third-order valence-corrected chi connectivity index (χ3v) is 4.49. The Bertz CT molecular complexity index is 739. The number of amides is 1. The Labute approximate surface area is 132 Å². The van der Waals surface area contributed by atoms with Crippen LogP contribution in [0, 0.1) is 5.82 Å². The van der Waals surface area contributed by atoms with Crippen LogP contribution in [0.15, 0.2) is 18.7 Å². The highest BCUT2D eigenvalue weighted by Gasteiger charge is 2.38. The van der Waals surface area contributed by atoms with E-state index in [4.69, 9.17) is 0 Å². The van der Waals surface area contributed by atoms with Crippen molar-refractivity contribution in [3.05, 3.63) is 35.9 Å². The van der Waals surface area contributed by atoms with Gasteiger partial charge >= 0.3 is 0 Å². The molecule has 0 radical (unpaired) electrons. The normalized spacial score (nSPS) is 20.2. The van der Waals surface area contributed by atoms with E-state index in [0.717, 1.165) is 43.3 Å². The molecule has 0 aliphatic carbocycles. The van der Waals surface area contributed by atoms with Crippen LogP contribution in [0.2, 0.25) is 0 Å². The summed E-state index contributed by atoms with van der Waals surface area (Å²) in [4.78, 5) is 29.0. The number of imidazole rings is 1. The Balaban J connectivity index is 1.68. The fourth-order valence-electron chi connectivity index (χ4n) is 3.18. The zero-order valence-electron chi connectivity index (χ0n) is 12.8. The van der Waals surface area contributed by atoms with Crippen LogP contribution in [0.4, 0.5) is 10.3 Å². The van der Waals surface area contributed by atoms with E-state index in [9.17, 15) is 9.18 Å². The predicted molar refractivity (Wildman–Crippen MR) is 80.2 cm³/mol. The van der Waals surface area contributed by atoms with Gasteiger partial charge in [0.1, 0.15) is 0 Å². The minimum Gasteiger partial charge on any atom is -0.342 e. The van der Waals surface area contributed by atoms with E-state index in [0.29, 0.717) is 19.0 Å². The van der Waals surface area contributed by atoms with Gasteiger partial charge in [0.05, 0.1) is 42.6 Å². The molecule has 2 aromatic heterocycles. The number of carbonyl (C=O) groups is 1. The molecule has 1 amide bonds. The van der Waals surface area contributed by atoms with Crippen LogP contribution >= 0.6 is 0 Å². The molecule has 2 aliphatic rings.